The lowest BCUT2D eigenvalue weighted by molar-refractivity contribution is -0.318. The third-order valence-corrected chi connectivity index (χ3v) is 5.77. The van der Waals surface area contributed by atoms with E-state index in [-0.39, 0.29) is 19.3 Å². The molecule has 0 spiro atoms. The zero-order valence-corrected chi connectivity index (χ0v) is 21.4. The highest BCUT2D eigenvalue weighted by Crippen LogP contribution is 2.37. The van der Waals surface area contributed by atoms with Crippen LogP contribution in [0.4, 0.5) is 0 Å². The molecule has 2 heterocycles. The first-order valence-electron chi connectivity index (χ1n) is 12.2. The molecule has 0 aliphatic carbocycles. The fraction of sp³-hybridized carbons (Fsp3) is 0.654. The van der Waals surface area contributed by atoms with Crippen LogP contribution in [0.1, 0.15) is 53.0 Å². The van der Waals surface area contributed by atoms with E-state index in [1.807, 2.05) is 44.2 Å². The van der Waals surface area contributed by atoms with E-state index in [0.29, 0.717) is 12.8 Å². The molecule has 0 bridgehead atoms. The fourth-order valence-electron chi connectivity index (χ4n) is 4.51. The second-order valence-electron chi connectivity index (χ2n) is 9.23. The first-order valence-corrected chi connectivity index (χ1v) is 12.2. The fourth-order valence-corrected chi connectivity index (χ4v) is 4.51. The van der Waals surface area contributed by atoms with Crippen molar-refractivity contribution in [2.24, 2.45) is 0 Å². The Hall–Kier alpha value is -2.53. The number of hydrogen-bond acceptors (Lipinski definition) is 10. The molecule has 0 saturated carbocycles. The molecule has 0 unspecified atom stereocenters. The molecule has 2 fully saturated rings. The van der Waals surface area contributed by atoms with Crippen molar-refractivity contribution in [2.75, 3.05) is 6.61 Å². The summed E-state index contributed by atoms with van der Waals surface area (Å²) in [5.41, 5.74) is 0.940. The molecule has 0 amide bonds. The zero-order chi connectivity index (χ0) is 26.2. The van der Waals surface area contributed by atoms with E-state index in [1.54, 1.807) is 0 Å². The highest BCUT2D eigenvalue weighted by atomic mass is 16.7. The molecular formula is C26H36O10. The van der Waals surface area contributed by atoms with Crippen LogP contribution in [0.2, 0.25) is 0 Å². The van der Waals surface area contributed by atoms with Crippen molar-refractivity contribution in [3.05, 3.63) is 35.9 Å². The van der Waals surface area contributed by atoms with Gasteiger partial charge in [0, 0.05) is 27.2 Å². The Morgan fingerprint density at radius 3 is 2.19 bits per heavy atom. The first-order chi connectivity index (χ1) is 17.1. The minimum atomic E-state index is -1.10. The molecule has 2 aliphatic heterocycles. The average molecular weight is 509 g/mol. The summed E-state index contributed by atoms with van der Waals surface area (Å²) in [5, 5.41) is 0. The SMILES string of the molecule is CC(=O)O[C@@H]1[C@H](OC(C)=O)[C@H]([C@H](COCc2ccccc2)OC(C)=O)O[C@H]2CC[C@@H](OC(C)C)O[C@H]12. The Balaban J connectivity index is 1.85. The van der Waals surface area contributed by atoms with Crippen molar-refractivity contribution in [2.45, 2.75) is 103 Å². The maximum Gasteiger partial charge on any atom is 0.303 e. The predicted octanol–water partition coefficient (Wildman–Crippen LogP) is 2.70. The first kappa shape index (κ1) is 28.0. The van der Waals surface area contributed by atoms with Gasteiger partial charge in [-0.1, -0.05) is 30.3 Å². The summed E-state index contributed by atoms with van der Waals surface area (Å²) in [7, 11) is 0. The smallest absolute Gasteiger partial charge is 0.303 e. The van der Waals surface area contributed by atoms with Gasteiger partial charge in [0.25, 0.3) is 0 Å². The van der Waals surface area contributed by atoms with E-state index < -0.39 is 60.8 Å². The molecule has 2 aliphatic rings. The number of benzene rings is 1. The maximum atomic E-state index is 12.1. The third-order valence-electron chi connectivity index (χ3n) is 5.77. The molecule has 10 heteroatoms. The van der Waals surface area contributed by atoms with Crippen LogP contribution in [0.25, 0.3) is 0 Å². The summed E-state index contributed by atoms with van der Waals surface area (Å²) in [6, 6.07) is 9.52. The van der Waals surface area contributed by atoms with Gasteiger partial charge in [-0.3, -0.25) is 14.4 Å². The van der Waals surface area contributed by atoms with Gasteiger partial charge in [0.1, 0.15) is 12.2 Å². The standard InChI is InChI=1S/C26H36O10/c1-15(2)31-22-12-11-20-23(36-22)25(33-17(4)28)26(34-18(5)29)24(35-20)21(32-16(3)27)14-30-13-19-9-7-6-8-10-19/h6-10,15,20-26H,11-14H2,1-5H3/t20-,21-,22-,23-,24-,25-,26+/m0/s1. The van der Waals surface area contributed by atoms with Crippen LogP contribution < -0.4 is 0 Å². The van der Waals surface area contributed by atoms with Crippen LogP contribution in [0, 0.1) is 0 Å². The van der Waals surface area contributed by atoms with Crippen LogP contribution in [0.15, 0.2) is 30.3 Å². The molecule has 1 aromatic rings. The van der Waals surface area contributed by atoms with Crippen molar-refractivity contribution in [1.29, 1.82) is 0 Å². The molecular weight excluding hydrogens is 472 g/mol. The molecule has 200 valence electrons. The highest BCUT2D eigenvalue weighted by Gasteiger charge is 2.55. The quantitative estimate of drug-likeness (QED) is 0.345. The number of carbonyl (C=O) groups excluding carboxylic acids is 3. The van der Waals surface area contributed by atoms with E-state index >= 15 is 0 Å². The second kappa shape index (κ2) is 13.1. The van der Waals surface area contributed by atoms with E-state index in [0.717, 1.165) is 5.56 Å². The van der Waals surface area contributed by atoms with Gasteiger partial charge < -0.3 is 33.2 Å². The topological polar surface area (TPSA) is 116 Å². The highest BCUT2D eigenvalue weighted by molar-refractivity contribution is 5.68. The van der Waals surface area contributed by atoms with Crippen LogP contribution in [-0.4, -0.2) is 73.5 Å². The monoisotopic (exact) mass is 508 g/mol. The van der Waals surface area contributed by atoms with E-state index in [1.165, 1.54) is 20.8 Å². The van der Waals surface area contributed by atoms with E-state index in [2.05, 4.69) is 0 Å². The zero-order valence-electron chi connectivity index (χ0n) is 21.4. The van der Waals surface area contributed by atoms with Crippen LogP contribution in [0.5, 0.6) is 0 Å². The summed E-state index contributed by atoms with van der Waals surface area (Å²) in [6.45, 7) is 7.83. The lowest BCUT2D eigenvalue weighted by Crippen LogP contribution is -2.66. The van der Waals surface area contributed by atoms with Crippen molar-refractivity contribution in [3.63, 3.8) is 0 Å². The molecule has 0 radical (unpaired) electrons. The Bertz CT molecular complexity index is 873. The van der Waals surface area contributed by atoms with Crippen LogP contribution in [-0.2, 0) is 54.1 Å². The minimum Gasteiger partial charge on any atom is -0.457 e. The number of esters is 3. The van der Waals surface area contributed by atoms with Crippen molar-refractivity contribution in [1.82, 2.24) is 0 Å². The molecule has 3 rings (SSSR count). The van der Waals surface area contributed by atoms with Crippen molar-refractivity contribution < 1.29 is 47.5 Å². The minimum absolute atomic E-state index is 0.0268. The lowest BCUT2D eigenvalue weighted by atomic mass is 9.88. The molecule has 36 heavy (non-hydrogen) atoms. The number of rotatable bonds is 10. The van der Waals surface area contributed by atoms with Gasteiger partial charge in [-0.05, 0) is 25.8 Å². The van der Waals surface area contributed by atoms with Gasteiger partial charge in [-0.15, -0.1) is 0 Å². The molecule has 0 N–H and O–H groups in total. The predicted molar refractivity (Wildman–Crippen MR) is 126 cm³/mol. The second-order valence-corrected chi connectivity index (χ2v) is 9.23. The van der Waals surface area contributed by atoms with Crippen molar-refractivity contribution >= 4 is 17.9 Å². The van der Waals surface area contributed by atoms with Gasteiger partial charge >= 0.3 is 17.9 Å². The van der Waals surface area contributed by atoms with Gasteiger partial charge in [-0.2, -0.15) is 0 Å². The number of hydrogen-bond donors (Lipinski definition) is 0. The van der Waals surface area contributed by atoms with E-state index in [4.69, 9.17) is 33.2 Å². The normalized spacial score (nSPS) is 28.6. The van der Waals surface area contributed by atoms with Crippen LogP contribution >= 0.6 is 0 Å². The van der Waals surface area contributed by atoms with E-state index in [9.17, 15) is 14.4 Å². The molecule has 0 aromatic heterocycles. The summed E-state index contributed by atoms with van der Waals surface area (Å²) >= 11 is 0. The maximum absolute atomic E-state index is 12.1. The average Bonchev–Trinajstić information content (AvgIpc) is 2.79. The largest absolute Gasteiger partial charge is 0.457 e. The number of fused-ring (bicyclic) bond motifs is 1. The molecule has 10 nitrogen and oxygen atoms in total. The Labute approximate surface area is 211 Å². The van der Waals surface area contributed by atoms with Gasteiger partial charge in [0.05, 0.1) is 25.4 Å². The summed E-state index contributed by atoms with van der Waals surface area (Å²) in [4.78, 5) is 36.1. The summed E-state index contributed by atoms with van der Waals surface area (Å²) in [5.74, 6) is -1.73. The lowest BCUT2D eigenvalue weighted by Gasteiger charge is -2.49. The summed E-state index contributed by atoms with van der Waals surface area (Å²) < 4.78 is 40.9. The number of ether oxygens (including phenoxy) is 7. The van der Waals surface area contributed by atoms with Gasteiger partial charge in [-0.25, -0.2) is 0 Å². The molecule has 7 atom stereocenters. The Morgan fingerprint density at radius 2 is 1.58 bits per heavy atom. The van der Waals surface area contributed by atoms with Crippen molar-refractivity contribution in [3.8, 4) is 0 Å². The third kappa shape index (κ3) is 7.99. The number of carbonyl (C=O) groups is 3. The van der Waals surface area contributed by atoms with Crippen LogP contribution in [0.3, 0.4) is 0 Å². The van der Waals surface area contributed by atoms with Gasteiger partial charge in [0.2, 0.25) is 0 Å². The molecule has 1 aromatic carbocycles. The molecule has 2 saturated heterocycles. The Kier molecular flexibility index (Phi) is 10.2. The van der Waals surface area contributed by atoms with Gasteiger partial charge in [0.15, 0.2) is 24.6 Å². The Morgan fingerprint density at radius 1 is 0.917 bits per heavy atom. The summed E-state index contributed by atoms with van der Waals surface area (Å²) in [6.07, 6.45) is -4.74.